The van der Waals surface area contributed by atoms with Gasteiger partial charge in [-0.1, -0.05) is 32.0 Å². The Kier molecular flexibility index (Phi) is 4.51. The van der Waals surface area contributed by atoms with Crippen molar-refractivity contribution in [3.63, 3.8) is 0 Å². The van der Waals surface area contributed by atoms with Crippen molar-refractivity contribution >= 4 is 0 Å². The standard InChI is InChI=1S/C14H23NO/c1-9(2)8-13(15)14(16)12-7-5-6-10(3)11(12)4/h5-7,9,13-14,16H,8,15H2,1-4H3. The van der Waals surface area contributed by atoms with Gasteiger partial charge in [0.15, 0.2) is 0 Å². The molecule has 0 aliphatic rings. The Labute approximate surface area is 98.5 Å². The molecule has 0 bridgehead atoms. The van der Waals surface area contributed by atoms with Gasteiger partial charge in [-0.15, -0.1) is 0 Å². The Morgan fingerprint density at radius 3 is 2.44 bits per heavy atom. The van der Waals surface area contributed by atoms with Crippen LogP contribution in [0, 0.1) is 19.8 Å². The number of nitrogens with two attached hydrogens (primary N) is 1. The molecule has 0 spiro atoms. The minimum atomic E-state index is -0.553. The average Bonchev–Trinajstić information content (AvgIpc) is 2.20. The molecular weight excluding hydrogens is 198 g/mol. The van der Waals surface area contributed by atoms with Crippen molar-refractivity contribution in [2.24, 2.45) is 11.7 Å². The minimum Gasteiger partial charge on any atom is -0.387 e. The van der Waals surface area contributed by atoms with E-state index < -0.39 is 6.10 Å². The van der Waals surface area contributed by atoms with E-state index in [0.29, 0.717) is 5.92 Å². The van der Waals surface area contributed by atoms with Gasteiger partial charge in [-0.05, 0) is 42.9 Å². The molecule has 0 amide bonds. The van der Waals surface area contributed by atoms with Gasteiger partial charge in [0.1, 0.15) is 0 Å². The fraction of sp³-hybridized carbons (Fsp3) is 0.571. The van der Waals surface area contributed by atoms with Crippen LogP contribution in [-0.4, -0.2) is 11.1 Å². The van der Waals surface area contributed by atoms with Crippen LogP contribution >= 0.6 is 0 Å². The van der Waals surface area contributed by atoms with Crippen molar-refractivity contribution in [2.75, 3.05) is 0 Å². The lowest BCUT2D eigenvalue weighted by Crippen LogP contribution is -2.30. The Bertz CT molecular complexity index is 347. The maximum Gasteiger partial charge on any atom is 0.0943 e. The van der Waals surface area contributed by atoms with Crippen LogP contribution in [0.1, 0.15) is 43.1 Å². The van der Waals surface area contributed by atoms with Crippen molar-refractivity contribution in [2.45, 2.75) is 46.3 Å². The summed E-state index contributed by atoms with van der Waals surface area (Å²) in [7, 11) is 0. The fourth-order valence-corrected chi connectivity index (χ4v) is 2.00. The highest BCUT2D eigenvalue weighted by Gasteiger charge is 2.19. The number of aliphatic hydroxyl groups is 1. The topological polar surface area (TPSA) is 46.2 Å². The molecule has 0 aliphatic carbocycles. The van der Waals surface area contributed by atoms with Crippen molar-refractivity contribution in [3.05, 3.63) is 34.9 Å². The first-order valence-electron chi connectivity index (χ1n) is 5.93. The van der Waals surface area contributed by atoms with Crippen LogP contribution in [0.5, 0.6) is 0 Å². The largest absolute Gasteiger partial charge is 0.387 e. The molecule has 0 aromatic heterocycles. The fourth-order valence-electron chi connectivity index (χ4n) is 2.00. The molecule has 2 nitrogen and oxygen atoms in total. The molecule has 3 N–H and O–H groups in total. The highest BCUT2D eigenvalue weighted by atomic mass is 16.3. The smallest absolute Gasteiger partial charge is 0.0943 e. The van der Waals surface area contributed by atoms with Gasteiger partial charge in [0.05, 0.1) is 6.10 Å². The van der Waals surface area contributed by atoms with E-state index in [1.807, 2.05) is 19.1 Å². The third-order valence-electron chi connectivity index (χ3n) is 3.11. The second-order valence-electron chi connectivity index (χ2n) is 5.03. The molecule has 2 atom stereocenters. The van der Waals surface area contributed by atoms with E-state index in [1.54, 1.807) is 0 Å². The number of rotatable bonds is 4. The molecule has 0 radical (unpaired) electrons. The molecule has 16 heavy (non-hydrogen) atoms. The zero-order valence-electron chi connectivity index (χ0n) is 10.7. The van der Waals surface area contributed by atoms with E-state index in [9.17, 15) is 5.11 Å². The summed E-state index contributed by atoms with van der Waals surface area (Å²) in [5.74, 6) is 0.509. The lowest BCUT2D eigenvalue weighted by atomic mass is 9.91. The number of aryl methyl sites for hydroxylation is 1. The minimum absolute atomic E-state index is 0.180. The molecule has 90 valence electrons. The second-order valence-corrected chi connectivity index (χ2v) is 5.03. The van der Waals surface area contributed by atoms with E-state index in [4.69, 9.17) is 5.73 Å². The maximum absolute atomic E-state index is 10.2. The maximum atomic E-state index is 10.2. The summed E-state index contributed by atoms with van der Waals surface area (Å²) in [6, 6.07) is 5.82. The van der Waals surface area contributed by atoms with E-state index in [0.717, 1.165) is 17.5 Å². The van der Waals surface area contributed by atoms with Crippen molar-refractivity contribution in [3.8, 4) is 0 Å². The number of benzene rings is 1. The molecule has 2 heteroatoms. The van der Waals surface area contributed by atoms with Crippen LogP contribution in [0.2, 0.25) is 0 Å². The quantitative estimate of drug-likeness (QED) is 0.821. The van der Waals surface area contributed by atoms with Crippen molar-refractivity contribution in [1.29, 1.82) is 0 Å². The Hall–Kier alpha value is -0.860. The molecule has 0 heterocycles. The first-order valence-corrected chi connectivity index (χ1v) is 5.93. The van der Waals surface area contributed by atoms with Gasteiger partial charge in [-0.25, -0.2) is 0 Å². The van der Waals surface area contributed by atoms with Crippen LogP contribution in [-0.2, 0) is 0 Å². The second kappa shape index (κ2) is 5.46. The zero-order valence-corrected chi connectivity index (χ0v) is 10.7. The number of aliphatic hydroxyl groups excluding tert-OH is 1. The molecule has 2 unspecified atom stereocenters. The lowest BCUT2D eigenvalue weighted by molar-refractivity contribution is 0.135. The Morgan fingerprint density at radius 2 is 1.88 bits per heavy atom. The van der Waals surface area contributed by atoms with E-state index >= 15 is 0 Å². The first kappa shape index (κ1) is 13.2. The van der Waals surface area contributed by atoms with Gasteiger partial charge >= 0.3 is 0 Å². The van der Waals surface area contributed by atoms with Gasteiger partial charge in [-0.3, -0.25) is 0 Å². The Balaban J connectivity index is 2.87. The van der Waals surface area contributed by atoms with E-state index in [1.165, 1.54) is 5.56 Å². The summed E-state index contributed by atoms with van der Waals surface area (Å²) in [6.45, 7) is 8.33. The number of hydrogen-bond donors (Lipinski definition) is 2. The van der Waals surface area contributed by atoms with Crippen LogP contribution < -0.4 is 5.73 Å². The summed E-state index contributed by atoms with van der Waals surface area (Å²) in [5, 5.41) is 10.2. The molecule has 0 aliphatic heterocycles. The summed E-state index contributed by atoms with van der Waals surface area (Å²) < 4.78 is 0. The summed E-state index contributed by atoms with van der Waals surface area (Å²) in [5.41, 5.74) is 9.33. The summed E-state index contributed by atoms with van der Waals surface area (Å²) in [4.78, 5) is 0. The molecule has 0 saturated heterocycles. The van der Waals surface area contributed by atoms with Crippen molar-refractivity contribution < 1.29 is 5.11 Å². The van der Waals surface area contributed by atoms with Gasteiger partial charge in [0.25, 0.3) is 0 Å². The molecule has 1 rings (SSSR count). The summed E-state index contributed by atoms with van der Waals surface area (Å²) >= 11 is 0. The highest BCUT2D eigenvalue weighted by Crippen LogP contribution is 2.24. The molecule has 0 saturated carbocycles. The Morgan fingerprint density at radius 1 is 1.25 bits per heavy atom. The molecular formula is C14H23NO. The monoisotopic (exact) mass is 221 g/mol. The predicted molar refractivity (Wildman–Crippen MR) is 68.3 cm³/mol. The van der Waals surface area contributed by atoms with E-state index in [2.05, 4.69) is 26.8 Å². The van der Waals surface area contributed by atoms with Crippen LogP contribution in [0.15, 0.2) is 18.2 Å². The van der Waals surface area contributed by atoms with Gasteiger partial charge < -0.3 is 10.8 Å². The zero-order chi connectivity index (χ0) is 12.3. The van der Waals surface area contributed by atoms with Crippen molar-refractivity contribution in [1.82, 2.24) is 0 Å². The van der Waals surface area contributed by atoms with Crippen LogP contribution in [0.25, 0.3) is 0 Å². The molecule has 0 fully saturated rings. The molecule has 1 aromatic rings. The molecule has 1 aromatic carbocycles. The van der Waals surface area contributed by atoms with Gasteiger partial charge in [0.2, 0.25) is 0 Å². The van der Waals surface area contributed by atoms with Crippen LogP contribution in [0.3, 0.4) is 0 Å². The normalized spacial score (nSPS) is 15.2. The lowest BCUT2D eigenvalue weighted by Gasteiger charge is -2.23. The van der Waals surface area contributed by atoms with E-state index in [-0.39, 0.29) is 6.04 Å². The van der Waals surface area contributed by atoms with Crippen LogP contribution in [0.4, 0.5) is 0 Å². The third kappa shape index (κ3) is 3.06. The highest BCUT2D eigenvalue weighted by molar-refractivity contribution is 5.35. The predicted octanol–water partition coefficient (Wildman–Crippen LogP) is 2.71. The third-order valence-corrected chi connectivity index (χ3v) is 3.11. The average molecular weight is 221 g/mol. The van der Waals surface area contributed by atoms with Gasteiger partial charge in [-0.2, -0.15) is 0 Å². The summed E-state index contributed by atoms with van der Waals surface area (Å²) in [6.07, 6.45) is 0.288. The number of hydrogen-bond acceptors (Lipinski definition) is 2. The SMILES string of the molecule is Cc1cccc(C(O)C(N)CC(C)C)c1C. The van der Waals surface area contributed by atoms with Gasteiger partial charge in [0, 0.05) is 6.04 Å². The first-order chi connectivity index (χ1) is 7.43.